The molecule has 0 aliphatic carbocycles. The van der Waals surface area contributed by atoms with Gasteiger partial charge in [-0.15, -0.1) is 11.8 Å². The number of ether oxygens (including phenoxy) is 1. The van der Waals surface area contributed by atoms with Crippen molar-refractivity contribution in [3.8, 4) is 0 Å². The fraction of sp³-hybridized carbons (Fsp3) is 0.345. The highest BCUT2D eigenvalue weighted by Crippen LogP contribution is 2.38. The monoisotopic (exact) mass is 503 g/mol. The van der Waals surface area contributed by atoms with Gasteiger partial charge in [-0.2, -0.15) is 0 Å². The van der Waals surface area contributed by atoms with Crippen LogP contribution in [0.5, 0.6) is 0 Å². The van der Waals surface area contributed by atoms with Crippen LogP contribution in [0.15, 0.2) is 84.0 Å². The number of piperidine rings is 1. The first-order valence-corrected chi connectivity index (χ1v) is 13.5. The van der Waals surface area contributed by atoms with Crippen molar-refractivity contribution < 1.29 is 14.3 Å². The average Bonchev–Trinajstić information content (AvgIpc) is 2.93. The van der Waals surface area contributed by atoms with Crippen molar-refractivity contribution in [2.45, 2.75) is 36.8 Å². The fourth-order valence-corrected chi connectivity index (χ4v) is 5.78. The maximum Gasteiger partial charge on any atom is 0.340 e. The minimum absolute atomic E-state index is 0.0504. The van der Waals surface area contributed by atoms with Crippen molar-refractivity contribution in [1.29, 1.82) is 0 Å². The minimum atomic E-state index is -0.664. The van der Waals surface area contributed by atoms with Crippen LogP contribution in [0.4, 0.5) is 0 Å². The summed E-state index contributed by atoms with van der Waals surface area (Å²) >= 11 is 1.32. The molecular weight excluding hydrogens is 470 g/mol. The van der Waals surface area contributed by atoms with Gasteiger partial charge in [0.1, 0.15) is 5.03 Å². The molecule has 2 aromatic carbocycles. The molecule has 2 N–H and O–H groups in total. The highest BCUT2D eigenvalue weighted by molar-refractivity contribution is 7.99. The second-order valence-corrected chi connectivity index (χ2v) is 9.96. The van der Waals surface area contributed by atoms with Crippen LogP contribution in [0.3, 0.4) is 0 Å². The quantitative estimate of drug-likeness (QED) is 0.335. The van der Waals surface area contributed by atoms with E-state index in [0.717, 1.165) is 12.8 Å². The van der Waals surface area contributed by atoms with Crippen molar-refractivity contribution in [3.05, 3.63) is 95.7 Å². The van der Waals surface area contributed by atoms with Crippen molar-refractivity contribution in [1.82, 2.24) is 9.88 Å². The summed E-state index contributed by atoms with van der Waals surface area (Å²) in [6, 6.07) is 24.0. The first kappa shape index (κ1) is 25.9. The molecule has 1 saturated heterocycles. The van der Waals surface area contributed by atoms with Crippen molar-refractivity contribution >= 4 is 23.6 Å². The summed E-state index contributed by atoms with van der Waals surface area (Å²) in [5, 5.41) is 0.534. The summed E-state index contributed by atoms with van der Waals surface area (Å²) in [4.78, 5) is 31.5. The fourth-order valence-electron chi connectivity index (χ4n) is 4.86. The molecule has 0 saturated carbocycles. The minimum Gasteiger partial charge on any atom is -0.462 e. The third-order valence-corrected chi connectivity index (χ3v) is 7.75. The molecule has 7 heteroatoms. The summed E-state index contributed by atoms with van der Waals surface area (Å²) in [5.74, 6) is 0.634. The first-order chi connectivity index (χ1) is 17.6. The lowest BCUT2D eigenvalue weighted by atomic mass is 9.76. The molecule has 2 heterocycles. The zero-order chi connectivity index (χ0) is 25.3. The molecule has 6 nitrogen and oxygen atoms in total. The predicted octanol–water partition coefficient (Wildman–Crippen LogP) is 4.75. The van der Waals surface area contributed by atoms with Gasteiger partial charge in [-0.05, 0) is 48.9 Å². The molecule has 1 unspecified atom stereocenters. The Kier molecular flexibility index (Phi) is 9.14. The number of hydrogen-bond acceptors (Lipinski definition) is 6. The number of carbonyl (C=O) groups excluding carboxylic acids is 2. The number of esters is 1. The molecule has 0 spiro atoms. The molecule has 36 heavy (non-hydrogen) atoms. The lowest BCUT2D eigenvalue weighted by molar-refractivity contribution is -0.133. The summed E-state index contributed by atoms with van der Waals surface area (Å²) in [5.41, 5.74) is 9.33. The number of aromatic nitrogens is 1. The number of rotatable bonds is 9. The number of hydrogen-bond donors (Lipinski definition) is 1. The zero-order valence-electron chi connectivity index (χ0n) is 20.6. The summed E-state index contributed by atoms with van der Waals surface area (Å²) in [6.45, 7) is 3.44. The zero-order valence-corrected chi connectivity index (χ0v) is 21.4. The van der Waals surface area contributed by atoms with E-state index in [1.54, 1.807) is 25.3 Å². The molecule has 1 aromatic heterocycles. The molecule has 1 atom stereocenters. The van der Waals surface area contributed by atoms with Gasteiger partial charge < -0.3 is 15.4 Å². The highest BCUT2D eigenvalue weighted by atomic mass is 32.2. The Morgan fingerprint density at radius 1 is 1.00 bits per heavy atom. The Bertz CT molecular complexity index is 1100. The average molecular weight is 504 g/mol. The Labute approximate surface area is 217 Å². The van der Waals surface area contributed by atoms with E-state index in [1.165, 1.54) is 22.9 Å². The topological polar surface area (TPSA) is 85.5 Å². The van der Waals surface area contributed by atoms with Gasteiger partial charge >= 0.3 is 5.97 Å². The van der Waals surface area contributed by atoms with Crippen LogP contribution in [0, 0.1) is 5.92 Å². The SMILES string of the molecule is CCOC(=O)c1cccnc1SCC(N)C(=O)N1CCC(C(c2ccccc2)c2ccccc2)CC1. The molecule has 1 aliphatic rings. The van der Waals surface area contributed by atoms with Gasteiger partial charge in [-0.25, -0.2) is 9.78 Å². The van der Waals surface area contributed by atoms with Crippen LogP contribution in [-0.4, -0.2) is 53.3 Å². The summed E-state index contributed by atoms with van der Waals surface area (Å²) < 4.78 is 5.11. The van der Waals surface area contributed by atoms with Crippen molar-refractivity contribution in [2.24, 2.45) is 11.7 Å². The van der Waals surface area contributed by atoms with Gasteiger partial charge in [-0.3, -0.25) is 4.79 Å². The smallest absolute Gasteiger partial charge is 0.340 e. The van der Waals surface area contributed by atoms with Crippen molar-refractivity contribution in [2.75, 3.05) is 25.4 Å². The number of pyridine rings is 1. The number of amides is 1. The second-order valence-electron chi connectivity index (χ2n) is 8.96. The van der Waals surface area contributed by atoms with E-state index in [9.17, 15) is 9.59 Å². The molecule has 3 aromatic rings. The van der Waals surface area contributed by atoms with E-state index in [1.807, 2.05) is 17.0 Å². The van der Waals surface area contributed by atoms with E-state index in [4.69, 9.17) is 10.5 Å². The Balaban J connectivity index is 1.36. The van der Waals surface area contributed by atoms with Gasteiger partial charge in [0.25, 0.3) is 0 Å². The van der Waals surface area contributed by atoms with Crippen LogP contribution >= 0.6 is 11.8 Å². The largest absolute Gasteiger partial charge is 0.462 e. The lowest BCUT2D eigenvalue weighted by Crippen LogP contribution is -2.48. The molecule has 1 aliphatic heterocycles. The molecule has 1 amide bonds. The first-order valence-electron chi connectivity index (χ1n) is 12.5. The van der Waals surface area contributed by atoms with Gasteiger partial charge in [0.2, 0.25) is 5.91 Å². The Morgan fingerprint density at radius 3 is 2.19 bits per heavy atom. The highest BCUT2D eigenvalue weighted by Gasteiger charge is 2.32. The van der Waals surface area contributed by atoms with Gasteiger partial charge in [0.05, 0.1) is 18.2 Å². The number of nitrogens with two attached hydrogens (primary N) is 1. The third-order valence-electron chi connectivity index (χ3n) is 6.62. The molecule has 0 bridgehead atoms. The molecular formula is C29H33N3O3S. The maximum absolute atomic E-state index is 13.1. The second kappa shape index (κ2) is 12.7. The Morgan fingerprint density at radius 2 is 1.61 bits per heavy atom. The summed E-state index contributed by atoms with van der Waals surface area (Å²) in [6.07, 6.45) is 3.47. The van der Waals surface area contributed by atoms with Gasteiger partial charge in [0.15, 0.2) is 0 Å². The molecule has 188 valence electrons. The van der Waals surface area contributed by atoms with E-state index < -0.39 is 12.0 Å². The standard InChI is InChI=1S/C29H33N3O3S/c1-2-35-29(34)24-14-9-17-31-27(24)36-20-25(30)28(33)32-18-15-23(16-19-32)26(21-10-5-3-6-11-21)22-12-7-4-8-13-22/h3-14,17,23,25-26H,2,15-16,18-20,30H2,1H3. The predicted molar refractivity (Wildman–Crippen MR) is 143 cm³/mol. The summed E-state index contributed by atoms with van der Waals surface area (Å²) in [7, 11) is 0. The van der Waals surface area contributed by atoms with E-state index in [2.05, 4.69) is 53.5 Å². The number of likely N-dealkylation sites (tertiary alicyclic amines) is 1. The molecule has 1 fully saturated rings. The van der Waals surface area contributed by atoms with Crippen LogP contribution < -0.4 is 5.73 Å². The normalized spacial score (nSPS) is 15.0. The van der Waals surface area contributed by atoms with E-state index in [0.29, 0.717) is 47.9 Å². The number of benzene rings is 2. The van der Waals surface area contributed by atoms with E-state index >= 15 is 0 Å². The van der Waals surface area contributed by atoms with Crippen LogP contribution in [0.1, 0.15) is 47.2 Å². The third kappa shape index (κ3) is 6.33. The Hall–Kier alpha value is -3.16. The van der Waals surface area contributed by atoms with Crippen molar-refractivity contribution in [3.63, 3.8) is 0 Å². The molecule has 0 radical (unpaired) electrons. The number of nitrogens with zero attached hydrogens (tertiary/aromatic N) is 2. The lowest BCUT2D eigenvalue weighted by Gasteiger charge is -2.37. The van der Waals surface area contributed by atoms with E-state index in [-0.39, 0.29) is 5.91 Å². The number of thioether (sulfide) groups is 1. The van der Waals surface area contributed by atoms with Crippen LogP contribution in [0.2, 0.25) is 0 Å². The number of carbonyl (C=O) groups is 2. The maximum atomic E-state index is 13.1. The van der Waals surface area contributed by atoms with Crippen LogP contribution in [-0.2, 0) is 9.53 Å². The van der Waals surface area contributed by atoms with Crippen LogP contribution in [0.25, 0.3) is 0 Å². The van der Waals surface area contributed by atoms with Gasteiger partial charge in [-0.1, -0.05) is 60.7 Å². The molecule has 4 rings (SSSR count). The van der Waals surface area contributed by atoms with Gasteiger partial charge in [0, 0.05) is 31.0 Å².